The Labute approximate surface area is 144 Å². The van der Waals surface area contributed by atoms with Crippen molar-refractivity contribution in [2.45, 2.75) is 45.5 Å². The summed E-state index contributed by atoms with van der Waals surface area (Å²) in [6, 6.07) is 2.09. The lowest BCUT2D eigenvalue weighted by molar-refractivity contribution is 0.00302. The fourth-order valence-corrected chi connectivity index (χ4v) is 3.75. The molecular weight excluding hydrogens is 331 g/mol. The van der Waals surface area contributed by atoms with Crippen molar-refractivity contribution in [1.29, 1.82) is 0 Å². The molecule has 0 spiro atoms. The van der Waals surface area contributed by atoms with Crippen LogP contribution in [0.25, 0.3) is 0 Å². The van der Waals surface area contributed by atoms with Crippen LogP contribution in [0.1, 0.15) is 23.6 Å². The van der Waals surface area contributed by atoms with Crippen LogP contribution in [0.2, 0.25) is 0 Å². The first-order valence-corrected chi connectivity index (χ1v) is 9.08. The normalized spacial score (nSPS) is 25.2. The topological polar surface area (TPSA) is 94.4 Å². The summed E-state index contributed by atoms with van der Waals surface area (Å²) in [6.45, 7) is 6.58. The van der Waals surface area contributed by atoms with Crippen LogP contribution in [0.15, 0.2) is 6.07 Å². The second-order valence-corrected chi connectivity index (χ2v) is 7.13. The SMILES string of the molecule is COc1c(C)cc(C[C@H]2C(OP(O)O)NC(C)CN2C)c(C)c1O. The number of methoxy groups -OCH3 is 1. The van der Waals surface area contributed by atoms with E-state index in [0.29, 0.717) is 12.2 Å². The minimum absolute atomic E-state index is 0.0867. The van der Waals surface area contributed by atoms with Gasteiger partial charge in [-0.1, -0.05) is 6.07 Å². The molecule has 0 radical (unpaired) electrons. The number of benzene rings is 1. The molecule has 1 heterocycles. The average molecular weight is 358 g/mol. The Kier molecular flexibility index (Phi) is 6.42. The molecule has 7 nitrogen and oxygen atoms in total. The zero-order valence-electron chi connectivity index (χ0n) is 14.8. The molecule has 24 heavy (non-hydrogen) atoms. The van der Waals surface area contributed by atoms with Gasteiger partial charge in [0, 0.05) is 12.6 Å². The summed E-state index contributed by atoms with van der Waals surface area (Å²) in [5.41, 5.74) is 2.60. The van der Waals surface area contributed by atoms with E-state index in [2.05, 4.69) is 10.2 Å². The molecule has 1 aromatic rings. The molecule has 3 atom stereocenters. The number of nitrogens with zero attached hydrogens (tertiary/aromatic N) is 1. The lowest BCUT2D eigenvalue weighted by Crippen LogP contribution is -2.61. The third-order valence-electron chi connectivity index (χ3n) is 4.57. The fraction of sp³-hybridized carbons (Fsp3) is 0.625. The van der Waals surface area contributed by atoms with E-state index in [4.69, 9.17) is 9.26 Å². The van der Waals surface area contributed by atoms with Gasteiger partial charge < -0.3 is 19.6 Å². The Hall–Kier alpha value is -0.950. The van der Waals surface area contributed by atoms with Crippen LogP contribution >= 0.6 is 8.60 Å². The van der Waals surface area contributed by atoms with Crippen molar-refractivity contribution in [1.82, 2.24) is 10.2 Å². The minimum Gasteiger partial charge on any atom is -0.504 e. The van der Waals surface area contributed by atoms with Crippen LogP contribution in [-0.2, 0) is 10.9 Å². The number of rotatable bonds is 5. The van der Waals surface area contributed by atoms with Gasteiger partial charge in [0.25, 0.3) is 0 Å². The van der Waals surface area contributed by atoms with E-state index < -0.39 is 14.8 Å². The quantitative estimate of drug-likeness (QED) is 0.591. The highest BCUT2D eigenvalue weighted by Gasteiger charge is 2.35. The molecular formula is C16H27N2O5P. The highest BCUT2D eigenvalue weighted by Crippen LogP contribution is 2.37. The number of aryl methyl sites for hydroxylation is 1. The summed E-state index contributed by atoms with van der Waals surface area (Å²) in [5, 5.41) is 13.6. The number of phenolic OH excluding ortho intramolecular Hbond substituents is 1. The number of ether oxygens (including phenoxy) is 1. The van der Waals surface area contributed by atoms with Crippen LogP contribution in [0.5, 0.6) is 11.5 Å². The molecule has 2 rings (SSSR count). The summed E-state index contributed by atoms with van der Waals surface area (Å²) in [5.74, 6) is 0.637. The number of nitrogens with one attached hydrogen (secondary N) is 1. The highest BCUT2D eigenvalue weighted by atomic mass is 31.2. The second-order valence-electron chi connectivity index (χ2n) is 6.42. The van der Waals surface area contributed by atoms with Gasteiger partial charge in [0.15, 0.2) is 11.5 Å². The van der Waals surface area contributed by atoms with Crippen LogP contribution in [0, 0.1) is 13.8 Å². The van der Waals surface area contributed by atoms with Crippen LogP contribution in [0.4, 0.5) is 0 Å². The first-order chi connectivity index (χ1) is 11.2. The van der Waals surface area contributed by atoms with Gasteiger partial charge in [0.2, 0.25) is 0 Å². The molecule has 0 aromatic heterocycles. The molecule has 1 aliphatic rings. The Bertz CT molecular complexity index is 582. The number of hydrogen-bond acceptors (Lipinski definition) is 7. The standard InChI is InChI=1S/C16H27N2O5P/c1-9-6-12(11(3)14(19)15(9)22-5)7-13-16(23-24(20)21)17-10(2)8-18(13)4/h6,10,13,16-17,19-21H,7-8H2,1-5H3/t10?,13-,16?/m0/s1. The van der Waals surface area contributed by atoms with E-state index >= 15 is 0 Å². The minimum atomic E-state index is -2.45. The van der Waals surface area contributed by atoms with E-state index in [9.17, 15) is 14.9 Å². The van der Waals surface area contributed by atoms with Crippen molar-refractivity contribution in [2.24, 2.45) is 0 Å². The lowest BCUT2D eigenvalue weighted by atomic mass is 9.94. The smallest absolute Gasteiger partial charge is 0.328 e. The maximum absolute atomic E-state index is 10.3. The van der Waals surface area contributed by atoms with E-state index in [1.54, 1.807) is 0 Å². The van der Waals surface area contributed by atoms with Crippen molar-refractivity contribution in [3.05, 3.63) is 22.8 Å². The van der Waals surface area contributed by atoms with Gasteiger partial charge in [0.1, 0.15) is 6.23 Å². The van der Waals surface area contributed by atoms with Crippen molar-refractivity contribution in [3.63, 3.8) is 0 Å². The molecule has 1 aromatic carbocycles. The Morgan fingerprint density at radius 2 is 2.04 bits per heavy atom. The van der Waals surface area contributed by atoms with Gasteiger partial charge in [-0.05, 0) is 50.9 Å². The van der Waals surface area contributed by atoms with Gasteiger partial charge in [-0.3, -0.25) is 14.7 Å². The number of likely N-dealkylation sites (N-methyl/N-ethyl adjacent to an activating group) is 1. The van der Waals surface area contributed by atoms with Gasteiger partial charge in [0.05, 0.1) is 13.2 Å². The maximum Gasteiger partial charge on any atom is 0.328 e. The monoisotopic (exact) mass is 358 g/mol. The molecule has 0 amide bonds. The van der Waals surface area contributed by atoms with E-state index in [1.807, 2.05) is 33.9 Å². The molecule has 1 fully saturated rings. The third kappa shape index (κ3) is 4.17. The number of hydrogen-bond donors (Lipinski definition) is 4. The van der Waals surface area contributed by atoms with Crippen LogP contribution in [0.3, 0.4) is 0 Å². The first-order valence-electron chi connectivity index (χ1n) is 7.91. The van der Waals surface area contributed by atoms with Crippen molar-refractivity contribution in [2.75, 3.05) is 20.7 Å². The van der Waals surface area contributed by atoms with Crippen molar-refractivity contribution >= 4 is 8.60 Å². The lowest BCUT2D eigenvalue weighted by Gasteiger charge is -2.42. The molecule has 1 aliphatic heterocycles. The Morgan fingerprint density at radius 3 is 2.62 bits per heavy atom. The first kappa shape index (κ1) is 19.4. The number of piperazine rings is 1. The predicted molar refractivity (Wildman–Crippen MR) is 93.1 cm³/mol. The Morgan fingerprint density at radius 1 is 1.38 bits per heavy atom. The summed E-state index contributed by atoms with van der Waals surface area (Å²) in [7, 11) is 1.08. The zero-order valence-corrected chi connectivity index (χ0v) is 15.7. The molecule has 0 aliphatic carbocycles. The molecule has 136 valence electrons. The summed E-state index contributed by atoms with van der Waals surface area (Å²) >= 11 is 0. The third-order valence-corrected chi connectivity index (χ3v) is 4.98. The zero-order chi connectivity index (χ0) is 18.0. The van der Waals surface area contributed by atoms with Gasteiger partial charge in [-0.2, -0.15) is 0 Å². The van der Waals surface area contributed by atoms with Gasteiger partial charge in [-0.25, -0.2) is 0 Å². The molecule has 8 heteroatoms. The fourth-order valence-electron chi connectivity index (χ4n) is 3.35. The van der Waals surface area contributed by atoms with Crippen molar-refractivity contribution in [3.8, 4) is 11.5 Å². The van der Waals surface area contributed by atoms with Crippen molar-refractivity contribution < 1.29 is 24.2 Å². The van der Waals surface area contributed by atoms with Crippen LogP contribution in [-0.4, -0.2) is 58.8 Å². The summed E-state index contributed by atoms with van der Waals surface area (Å²) in [6.07, 6.45) is 0.109. The Balaban J connectivity index is 2.30. The maximum atomic E-state index is 10.3. The largest absolute Gasteiger partial charge is 0.504 e. The molecule has 0 bridgehead atoms. The second kappa shape index (κ2) is 7.95. The number of phenols is 1. The van der Waals surface area contributed by atoms with Gasteiger partial charge >= 0.3 is 8.60 Å². The number of aromatic hydroxyl groups is 1. The summed E-state index contributed by atoms with van der Waals surface area (Å²) in [4.78, 5) is 20.7. The summed E-state index contributed by atoms with van der Waals surface area (Å²) < 4.78 is 10.5. The van der Waals surface area contributed by atoms with Gasteiger partial charge in [-0.15, -0.1) is 0 Å². The molecule has 0 saturated carbocycles. The van der Waals surface area contributed by atoms with Crippen LogP contribution < -0.4 is 10.1 Å². The molecule has 1 saturated heterocycles. The van der Waals surface area contributed by atoms with E-state index in [-0.39, 0.29) is 17.8 Å². The predicted octanol–water partition coefficient (Wildman–Crippen LogP) is 1.41. The molecule has 2 unspecified atom stereocenters. The highest BCUT2D eigenvalue weighted by molar-refractivity contribution is 7.39. The molecule has 4 N–H and O–H groups in total. The van der Waals surface area contributed by atoms with E-state index in [0.717, 1.165) is 23.2 Å². The average Bonchev–Trinajstić information content (AvgIpc) is 2.47. The van der Waals surface area contributed by atoms with E-state index in [1.165, 1.54) is 7.11 Å².